The van der Waals surface area contributed by atoms with Gasteiger partial charge in [-0.05, 0) is 42.7 Å². The van der Waals surface area contributed by atoms with Crippen molar-refractivity contribution in [2.24, 2.45) is 10.1 Å². The van der Waals surface area contributed by atoms with Crippen molar-refractivity contribution in [1.82, 2.24) is 25.4 Å². The predicted octanol–water partition coefficient (Wildman–Crippen LogP) is 2.04. The molecule has 3 aliphatic rings. The van der Waals surface area contributed by atoms with Gasteiger partial charge in [-0.3, -0.25) is 9.89 Å². The maximum atomic E-state index is 13.7. The van der Waals surface area contributed by atoms with Crippen LogP contribution >= 0.6 is 0 Å². The smallest absolute Gasteiger partial charge is 0.272 e. The van der Waals surface area contributed by atoms with Crippen LogP contribution in [0.1, 0.15) is 34.9 Å². The van der Waals surface area contributed by atoms with Gasteiger partial charge in [0.15, 0.2) is 6.17 Å². The number of aromatic amines is 1. The maximum absolute atomic E-state index is 13.7. The number of hydrazone groups is 1. The second-order valence-electron chi connectivity index (χ2n) is 7.23. The average molecular weight is 393 g/mol. The lowest BCUT2D eigenvalue weighted by Crippen LogP contribution is -2.47. The predicted molar refractivity (Wildman–Crippen MR) is 106 cm³/mol. The van der Waals surface area contributed by atoms with Gasteiger partial charge in [0.1, 0.15) is 23.4 Å². The van der Waals surface area contributed by atoms with E-state index >= 15 is 0 Å². The first kappa shape index (κ1) is 17.6. The summed E-state index contributed by atoms with van der Waals surface area (Å²) in [5.41, 5.74) is 1.27. The minimum absolute atomic E-state index is 0.0834. The van der Waals surface area contributed by atoms with E-state index in [-0.39, 0.29) is 30.0 Å². The van der Waals surface area contributed by atoms with Crippen molar-refractivity contribution >= 4 is 18.0 Å². The molecule has 1 aromatic carbocycles. The van der Waals surface area contributed by atoms with Crippen LogP contribution in [0.5, 0.6) is 0 Å². The van der Waals surface area contributed by atoms with Crippen molar-refractivity contribution in [3.05, 3.63) is 65.9 Å². The molecule has 3 atom stereocenters. The first-order valence-electron chi connectivity index (χ1n) is 9.60. The van der Waals surface area contributed by atoms with E-state index in [9.17, 15) is 9.18 Å². The van der Waals surface area contributed by atoms with Crippen molar-refractivity contribution in [2.75, 3.05) is 6.54 Å². The van der Waals surface area contributed by atoms with E-state index in [4.69, 9.17) is 4.99 Å². The molecule has 3 aliphatic heterocycles. The molecule has 0 spiro atoms. The van der Waals surface area contributed by atoms with Crippen LogP contribution in [0, 0.1) is 5.82 Å². The highest BCUT2D eigenvalue weighted by Crippen LogP contribution is 2.34. The summed E-state index contributed by atoms with van der Waals surface area (Å²) in [5.74, 6) is 0.309. The zero-order valence-electron chi connectivity index (χ0n) is 15.6. The van der Waals surface area contributed by atoms with Crippen molar-refractivity contribution in [3.63, 3.8) is 0 Å². The minimum Gasteiger partial charge on any atom is -0.350 e. The highest BCUT2D eigenvalue weighted by atomic mass is 19.1. The number of benzene rings is 1. The van der Waals surface area contributed by atoms with Gasteiger partial charge in [0.2, 0.25) is 0 Å². The summed E-state index contributed by atoms with van der Waals surface area (Å²) in [6.07, 6.45) is 8.67. The average Bonchev–Trinajstić information content (AvgIpc) is 3.48. The number of nitrogens with one attached hydrogen (secondary N) is 2. The maximum Gasteiger partial charge on any atom is 0.272 e. The Morgan fingerprint density at radius 1 is 1.31 bits per heavy atom. The van der Waals surface area contributed by atoms with E-state index in [0.717, 1.165) is 30.8 Å². The minimum atomic E-state index is -0.366. The summed E-state index contributed by atoms with van der Waals surface area (Å²) in [6.45, 7) is 0.849. The molecule has 1 fully saturated rings. The molecule has 0 aliphatic carbocycles. The third-order valence-corrected chi connectivity index (χ3v) is 5.41. The number of aliphatic imine (C=N–C) groups is 1. The van der Waals surface area contributed by atoms with Gasteiger partial charge in [0, 0.05) is 18.9 Å². The second kappa shape index (κ2) is 7.16. The molecule has 9 heteroatoms. The summed E-state index contributed by atoms with van der Waals surface area (Å²) in [5, 5.41) is 15.5. The number of rotatable bonds is 3. The fraction of sp³-hybridized carbons (Fsp3) is 0.300. The Labute approximate surface area is 166 Å². The van der Waals surface area contributed by atoms with E-state index in [1.54, 1.807) is 35.6 Å². The molecule has 0 radical (unpaired) electrons. The number of hydrogen-bond acceptors (Lipinski definition) is 6. The van der Waals surface area contributed by atoms with Crippen LogP contribution in [-0.2, 0) is 0 Å². The summed E-state index contributed by atoms with van der Waals surface area (Å²) in [6, 6.07) is 8.08. The number of amides is 1. The van der Waals surface area contributed by atoms with Gasteiger partial charge in [0.25, 0.3) is 5.91 Å². The SMILES string of the molecule is O=C(NC1C=NN2C=CC(N3CCC[C@@H]3c3cccc(F)c3)=NC12)c1cc[nH]n1. The van der Waals surface area contributed by atoms with Gasteiger partial charge in [-0.2, -0.15) is 10.2 Å². The molecule has 2 unspecified atom stereocenters. The van der Waals surface area contributed by atoms with E-state index in [0.29, 0.717) is 5.69 Å². The molecule has 0 saturated carbocycles. The summed E-state index contributed by atoms with van der Waals surface area (Å²) in [4.78, 5) is 19.4. The second-order valence-corrected chi connectivity index (χ2v) is 7.23. The lowest BCUT2D eigenvalue weighted by Gasteiger charge is -2.32. The number of likely N-dealkylation sites (tertiary alicyclic amines) is 1. The highest BCUT2D eigenvalue weighted by Gasteiger charge is 2.36. The normalized spacial score (nSPS) is 25.3. The number of aromatic nitrogens is 2. The zero-order valence-corrected chi connectivity index (χ0v) is 15.6. The van der Waals surface area contributed by atoms with Crippen molar-refractivity contribution < 1.29 is 9.18 Å². The number of carbonyl (C=O) groups is 1. The quantitative estimate of drug-likeness (QED) is 0.835. The zero-order chi connectivity index (χ0) is 19.8. The van der Waals surface area contributed by atoms with Crippen LogP contribution < -0.4 is 5.32 Å². The van der Waals surface area contributed by atoms with Crippen LogP contribution in [0.15, 0.2) is 58.9 Å². The first-order valence-corrected chi connectivity index (χ1v) is 9.60. The molecule has 1 saturated heterocycles. The lowest BCUT2D eigenvalue weighted by molar-refractivity contribution is 0.0931. The van der Waals surface area contributed by atoms with Gasteiger partial charge in [-0.25, -0.2) is 14.4 Å². The van der Waals surface area contributed by atoms with Crippen LogP contribution in [0.2, 0.25) is 0 Å². The Balaban J connectivity index is 1.36. The fourth-order valence-electron chi connectivity index (χ4n) is 4.04. The monoisotopic (exact) mass is 393 g/mol. The molecule has 5 rings (SSSR count). The summed E-state index contributed by atoms with van der Waals surface area (Å²) >= 11 is 0. The van der Waals surface area contributed by atoms with E-state index in [1.165, 1.54) is 6.07 Å². The Kier molecular flexibility index (Phi) is 4.34. The Bertz CT molecular complexity index is 1000. The number of nitrogens with zero attached hydrogens (tertiary/aromatic N) is 5. The van der Waals surface area contributed by atoms with Gasteiger partial charge in [-0.1, -0.05) is 12.1 Å². The van der Waals surface area contributed by atoms with Crippen molar-refractivity contribution in [1.29, 1.82) is 0 Å². The number of amidine groups is 1. The molecule has 2 aromatic rings. The number of hydrogen-bond donors (Lipinski definition) is 2. The van der Waals surface area contributed by atoms with Gasteiger partial charge in [-0.15, -0.1) is 0 Å². The van der Waals surface area contributed by atoms with Gasteiger partial charge < -0.3 is 10.2 Å². The Morgan fingerprint density at radius 2 is 2.24 bits per heavy atom. The fourth-order valence-corrected chi connectivity index (χ4v) is 4.04. The van der Waals surface area contributed by atoms with Crippen LogP contribution in [0.4, 0.5) is 4.39 Å². The highest BCUT2D eigenvalue weighted by molar-refractivity contribution is 5.96. The molecule has 29 heavy (non-hydrogen) atoms. The Hall–Kier alpha value is -3.49. The van der Waals surface area contributed by atoms with Crippen molar-refractivity contribution in [3.8, 4) is 0 Å². The van der Waals surface area contributed by atoms with E-state index in [2.05, 4.69) is 25.5 Å². The molecular weight excluding hydrogens is 373 g/mol. The Morgan fingerprint density at radius 3 is 3.07 bits per heavy atom. The topological polar surface area (TPSA) is 89.0 Å². The van der Waals surface area contributed by atoms with Crippen molar-refractivity contribution in [2.45, 2.75) is 31.1 Å². The molecule has 8 nitrogen and oxygen atoms in total. The third kappa shape index (κ3) is 3.28. The number of carbonyl (C=O) groups excluding carboxylic acids is 1. The molecule has 0 bridgehead atoms. The summed E-state index contributed by atoms with van der Waals surface area (Å²) in [7, 11) is 0. The number of fused-ring (bicyclic) bond motifs is 1. The van der Waals surface area contributed by atoms with Gasteiger partial charge >= 0.3 is 0 Å². The molecule has 4 heterocycles. The third-order valence-electron chi connectivity index (χ3n) is 5.41. The number of H-pyrrole nitrogens is 1. The van der Waals surface area contributed by atoms with Crippen LogP contribution in [-0.4, -0.2) is 56.8 Å². The summed E-state index contributed by atoms with van der Waals surface area (Å²) < 4.78 is 13.7. The van der Waals surface area contributed by atoms with E-state index < -0.39 is 0 Å². The molecule has 2 N–H and O–H groups in total. The number of halogens is 1. The largest absolute Gasteiger partial charge is 0.350 e. The molecular formula is C20H20FN7O. The van der Waals surface area contributed by atoms with Crippen LogP contribution in [0.3, 0.4) is 0 Å². The standard InChI is InChI=1S/C20H20FN7O/c21-14-4-1-3-13(11-14)17-5-2-9-27(17)18-7-10-28-19(25-18)16(12-23-28)24-20(29)15-6-8-22-26-15/h1,3-4,6-8,10-12,16-17,19H,2,5,9H2,(H,22,26)(H,24,29)/t16?,17-,19?/m1/s1. The molecule has 1 aromatic heterocycles. The molecule has 1 amide bonds. The van der Waals surface area contributed by atoms with Crippen LogP contribution in [0.25, 0.3) is 0 Å². The lowest BCUT2D eigenvalue weighted by atomic mass is 10.0. The first-order chi connectivity index (χ1) is 14.2. The molecule has 148 valence electrons. The van der Waals surface area contributed by atoms with Gasteiger partial charge in [0.05, 0.1) is 12.3 Å². The van der Waals surface area contributed by atoms with E-state index in [1.807, 2.05) is 18.3 Å².